The monoisotopic (exact) mass is 341 g/mol. The average molecular weight is 341 g/mol. The first-order chi connectivity index (χ1) is 12.1. The number of hydrogen-bond donors (Lipinski definition) is 1. The van der Waals surface area contributed by atoms with E-state index in [1.807, 2.05) is 18.2 Å². The van der Waals surface area contributed by atoms with Crippen LogP contribution in [0.2, 0.25) is 0 Å². The van der Waals surface area contributed by atoms with Crippen molar-refractivity contribution in [2.75, 3.05) is 12.4 Å². The fraction of sp³-hybridized carbons (Fsp3) is 0.500. The maximum Gasteiger partial charge on any atom is 0.261 e. The van der Waals surface area contributed by atoms with E-state index in [1.54, 1.807) is 13.8 Å². The van der Waals surface area contributed by atoms with Crippen LogP contribution in [0.25, 0.3) is 0 Å². The van der Waals surface area contributed by atoms with Crippen LogP contribution < -0.4 is 5.32 Å². The van der Waals surface area contributed by atoms with Crippen molar-refractivity contribution in [1.82, 2.24) is 10.1 Å². The predicted molar refractivity (Wildman–Crippen MR) is 98.7 cm³/mol. The number of amides is 1. The second-order valence-corrected chi connectivity index (χ2v) is 7.02. The Hall–Kier alpha value is -2.14. The number of benzene rings is 1. The third-order valence-electron chi connectivity index (χ3n) is 5.14. The smallest absolute Gasteiger partial charge is 0.261 e. The Labute approximate surface area is 149 Å². The number of para-hydroxylation sites is 1. The normalized spacial score (nSPS) is 15.5. The largest absolute Gasteiger partial charge is 0.361 e. The SMILES string of the molecule is Cc1noc(C)c1C(=O)Nc1ccccc1CN(C)C1CCCCC1. The molecule has 1 aliphatic rings. The van der Waals surface area contributed by atoms with E-state index in [1.165, 1.54) is 32.1 Å². The molecule has 1 aliphatic carbocycles. The molecule has 0 saturated heterocycles. The zero-order chi connectivity index (χ0) is 17.8. The number of aryl methyl sites for hydroxylation is 2. The van der Waals surface area contributed by atoms with Gasteiger partial charge in [0.2, 0.25) is 0 Å². The molecule has 0 bridgehead atoms. The molecular formula is C20H27N3O2. The highest BCUT2D eigenvalue weighted by Crippen LogP contribution is 2.25. The van der Waals surface area contributed by atoms with Crippen LogP contribution in [0.1, 0.15) is 59.5 Å². The molecule has 0 atom stereocenters. The van der Waals surface area contributed by atoms with Crippen LogP contribution >= 0.6 is 0 Å². The summed E-state index contributed by atoms with van der Waals surface area (Å²) in [5, 5.41) is 6.90. The van der Waals surface area contributed by atoms with E-state index >= 15 is 0 Å². The van der Waals surface area contributed by atoms with Crippen LogP contribution in [-0.2, 0) is 6.54 Å². The fourth-order valence-corrected chi connectivity index (χ4v) is 3.69. The van der Waals surface area contributed by atoms with E-state index in [-0.39, 0.29) is 5.91 Å². The van der Waals surface area contributed by atoms with Gasteiger partial charge in [-0.2, -0.15) is 0 Å². The topological polar surface area (TPSA) is 58.4 Å². The van der Waals surface area contributed by atoms with Crippen molar-refractivity contribution < 1.29 is 9.32 Å². The van der Waals surface area contributed by atoms with E-state index in [0.29, 0.717) is 23.1 Å². The molecule has 0 spiro atoms. The van der Waals surface area contributed by atoms with Gasteiger partial charge in [-0.15, -0.1) is 0 Å². The first kappa shape index (κ1) is 17.7. The molecule has 0 radical (unpaired) electrons. The lowest BCUT2D eigenvalue weighted by molar-refractivity contribution is 0.102. The van der Waals surface area contributed by atoms with Crippen molar-refractivity contribution in [1.29, 1.82) is 0 Å². The molecule has 1 N–H and O–H groups in total. The van der Waals surface area contributed by atoms with Gasteiger partial charge in [-0.3, -0.25) is 9.69 Å². The summed E-state index contributed by atoms with van der Waals surface area (Å²) in [6, 6.07) is 8.66. The first-order valence-corrected chi connectivity index (χ1v) is 9.08. The van der Waals surface area contributed by atoms with Gasteiger partial charge in [-0.25, -0.2) is 0 Å². The minimum Gasteiger partial charge on any atom is -0.361 e. The molecule has 5 heteroatoms. The summed E-state index contributed by atoms with van der Waals surface area (Å²) >= 11 is 0. The number of carbonyl (C=O) groups excluding carboxylic acids is 1. The van der Waals surface area contributed by atoms with E-state index in [9.17, 15) is 4.79 Å². The average Bonchev–Trinajstić information content (AvgIpc) is 2.96. The van der Waals surface area contributed by atoms with E-state index < -0.39 is 0 Å². The Morgan fingerprint density at radius 3 is 2.64 bits per heavy atom. The first-order valence-electron chi connectivity index (χ1n) is 9.08. The number of anilines is 1. The Morgan fingerprint density at radius 2 is 1.96 bits per heavy atom. The quantitative estimate of drug-likeness (QED) is 0.880. The lowest BCUT2D eigenvalue weighted by Crippen LogP contribution is -2.33. The van der Waals surface area contributed by atoms with Crippen LogP contribution in [0, 0.1) is 13.8 Å². The zero-order valence-electron chi connectivity index (χ0n) is 15.3. The van der Waals surface area contributed by atoms with Crippen molar-refractivity contribution in [3.8, 4) is 0 Å². The summed E-state index contributed by atoms with van der Waals surface area (Å²) in [6.07, 6.45) is 6.53. The molecular weight excluding hydrogens is 314 g/mol. The highest BCUT2D eigenvalue weighted by atomic mass is 16.5. The number of aromatic nitrogens is 1. The molecule has 134 valence electrons. The van der Waals surface area contributed by atoms with E-state index in [0.717, 1.165) is 17.8 Å². The predicted octanol–water partition coefficient (Wildman–Crippen LogP) is 4.31. The second kappa shape index (κ2) is 7.83. The van der Waals surface area contributed by atoms with Gasteiger partial charge in [0.25, 0.3) is 5.91 Å². The van der Waals surface area contributed by atoms with E-state index in [2.05, 4.69) is 28.5 Å². The molecule has 1 saturated carbocycles. The highest BCUT2D eigenvalue weighted by Gasteiger charge is 2.21. The maximum atomic E-state index is 12.6. The molecule has 25 heavy (non-hydrogen) atoms. The third kappa shape index (κ3) is 4.10. The van der Waals surface area contributed by atoms with Crippen LogP contribution in [0.15, 0.2) is 28.8 Å². The summed E-state index contributed by atoms with van der Waals surface area (Å²) in [7, 11) is 2.18. The van der Waals surface area contributed by atoms with Crippen LogP contribution in [0.5, 0.6) is 0 Å². The van der Waals surface area contributed by atoms with Crippen LogP contribution in [0.3, 0.4) is 0 Å². The standard InChI is InChI=1S/C20H27N3O2/c1-14-19(15(2)25-22-14)20(24)21-18-12-8-7-9-16(18)13-23(3)17-10-5-4-6-11-17/h7-9,12,17H,4-6,10-11,13H2,1-3H3,(H,21,24). The van der Waals surface area contributed by atoms with Gasteiger partial charge >= 0.3 is 0 Å². The third-order valence-corrected chi connectivity index (χ3v) is 5.14. The Balaban J connectivity index is 1.73. The van der Waals surface area contributed by atoms with Gasteiger partial charge in [0.15, 0.2) is 0 Å². The molecule has 1 fully saturated rings. The molecule has 1 amide bonds. The number of carbonyl (C=O) groups is 1. The van der Waals surface area contributed by atoms with Crippen molar-refractivity contribution in [3.05, 3.63) is 46.8 Å². The van der Waals surface area contributed by atoms with Crippen LogP contribution in [-0.4, -0.2) is 29.1 Å². The Bertz CT molecular complexity index is 713. The molecule has 0 unspecified atom stereocenters. The maximum absolute atomic E-state index is 12.6. The number of rotatable bonds is 5. The van der Waals surface area contributed by atoms with Gasteiger partial charge in [0, 0.05) is 18.3 Å². The summed E-state index contributed by atoms with van der Waals surface area (Å²) in [6.45, 7) is 4.38. The van der Waals surface area contributed by atoms with Gasteiger partial charge in [-0.05, 0) is 45.4 Å². The summed E-state index contributed by atoms with van der Waals surface area (Å²) in [4.78, 5) is 15.0. The van der Waals surface area contributed by atoms with E-state index in [4.69, 9.17) is 4.52 Å². The van der Waals surface area contributed by atoms with Crippen LogP contribution in [0.4, 0.5) is 5.69 Å². The number of nitrogens with zero attached hydrogens (tertiary/aromatic N) is 2. The Kier molecular flexibility index (Phi) is 5.53. The van der Waals surface area contributed by atoms with Crippen molar-refractivity contribution in [2.45, 2.75) is 58.5 Å². The number of nitrogens with one attached hydrogen (secondary N) is 1. The summed E-state index contributed by atoms with van der Waals surface area (Å²) in [5.41, 5.74) is 3.13. The molecule has 3 rings (SSSR count). The molecule has 0 aliphatic heterocycles. The van der Waals surface area contributed by atoms with Gasteiger partial charge in [0.05, 0.1) is 5.69 Å². The lowest BCUT2D eigenvalue weighted by Gasteiger charge is -2.31. The molecule has 2 aromatic rings. The minimum absolute atomic E-state index is 0.163. The highest BCUT2D eigenvalue weighted by molar-refractivity contribution is 6.06. The van der Waals surface area contributed by atoms with Crippen molar-refractivity contribution >= 4 is 11.6 Å². The van der Waals surface area contributed by atoms with Crippen molar-refractivity contribution in [2.24, 2.45) is 0 Å². The second-order valence-electron chi connectivity index (χ2n) is 7.02. The lowest BCUT2D eigenvalue weighted by atomic mass is 9.94. The van der Waals surface area contributed by atoms with Gasteiger partial charge in [0.1, 0.15) is 11.3 Å². The fourth-order valence-electron chi connectivity index (χ4n) is 3.69. The molecule has 1 aromatic carbocycles. The van der Waals surface area contributed by atoms with Crippen molar-refractivity contribution in [3.63, 3.8) is 0 Å². The molecule has 5 nitrogen and oxygen atoms in total. The minimum atomic E-state index is -0.163. The zero-order valence-corrected chi connectivity index (χ0v) is 15.3. The number of hydrogen-bond acceptors (Lipinski definition) is 4. The summed E-state index contributed by atoms with van der Waals surface area (Å²) in [5.74, 6) is 0.385. The van der Waals surface area contributed by atoms with Gasteiger partial charge in [-0.1, -0.05) is 42.6 Å². The van der Waals surface area contributed by atoms with Gasteiger partial charge < -0.3 is 9.84 Å². The summed E-state index contributed by atoms with van der Waals surface area (Å²) < 4.78 is 5.11. The molecule has 1 heterocycles. The Morgan fingerprint density at radius 1 is 1.24 bits per heavy atom. The molecule has 1 aromatic heterocycles.